The fourth-order valence-electron chi connectivity index (χ4n) is 4.56. The predicted octanol–water partition coefficient (Wildman–Crippen LogP) is 7.85. The van der Waals surface area contributed by atoms with E-state index in [0.29, 0.717) is 5.92 Å². The van der Waals surface area contributed by atoms with Gasteiger partial charge in [-0.2, -0.15) is 0 Å². The molecule has 1 amide bonds. The second kappa shape index (κ2) is 11.0. The summed E-state index contributed by atoms with van der Waals surface area (Å²) in [5.41, 5.74) is 6.07. The van der Waals surface area contributed by atoms with E-state index in [4.69, 9.17) is 9.73 Å². The molecular weight excluding hydrogens is 440 g/mol. The summed E-state index contributed by atoms with van der Waals surface area (Å²) in [4.78, 5) is 19.7. The molecule has 0 saturated heterocycles. The van der Waals surface area contributed by atoms with Crippen molar-refractivity contribution in [2.75, 3.05) is 12.4 Å². The van der Waals surface area contributed by atoms with Gasteiger partial charge >= 0.3 is 0 Å². The van der Waals surface area contributed by atoms with Gasteiger partial charge in [-0.05, 0) is 85.0 Å². The number of benzene rings is 2. The van der Waals surface area contributed by atoms with E-state index in [2.05, 4.69) is 38.2 Å². The van der Waals surface area contributed by atoms with E-state index in [1.165, 1.54) is 29.7 Å². The highest BCUT2D eigenvalue weighted by Gasteiger charge is 2.24. The van der Waals surface area contributed by atoms with E-state index in [0.717, 1.165) is 58.0 Å². The van der Waals surface area contributed by atoms with Gasteiger partial charge in [0.25, 0.3) is 5.91 Å². The molecule has 2 aromatic carbocycles. The molecule has 0 fully saturated rings. The van der Waals surface area contributed by atoms with Gasteiger partial charge in [-0.15, -0.1) is 11.3 Å². The number of methoxy groups -OCH3 is 1. The number of thiophene rings is 1. The second-order valence-electron chi connectivity index (χ2n) is 9.28. The van der Waals surface area contributed by atoms with Crippen LogP contribution >= 0.6 is 11.3 Å². The van der Waals surface area contributed by atoms with Gasteiger partial charge < -0.3 is 10.1 Å². The highest BCUT2D eigenvalue weighted by molar-refractivity contribution is 7.16. The number of amides is 1. The van der Waals surface area contributed by atoms with Crippen LogP contribution in [0, 0.1) is 6.92 Å². The zero-order chi connectivity index (χ0) is 24.1. The van der Waals surface area contributed by atoms with Gasteiger partial charge in [0.05, 0.1) is 12.7 Å². The Morgan fingerprint density at radius 1 is 1.09 bits per heavy atom. The molecule has 0 bridgehead atoms. The zero-order valence-corrected chi connectivity index (χ0v) is 21.4. The van der Waals surface area contributed by atoms with E-state index in [1.54, 1.807) is 18.4 Å². The fraction of sp³-hybridized carbons (Fsp3) is 0.379. The molecule has 1 aromatic heterocycles. The van der Waals surface area contributed by atoms with Crippen LogP contribution < -0.4 is 10.1 Å². The summed E-state index contributed by atoms with van der Waals surface area (Å²) in [6, 6.07) is 13.9. The summed E-state index contributed by atoms with van der Waals surface area (Å²) >= 11 is 1.68. The maximum Gasteiger partial charge on any atom is 0.259 e. The third kappa shape index (κ3) is 5.41. The Morgan fingerprint density at radius 2 is 1.82 bits per heavy atom. The molecule has 1 aliphatic carbocycles. The summed E-state index contributed by atoms with van der Waals surface area (Å²) in [6.07, 6.45) is 8.65. The Kier molecular flexibility index (Phi) is 7.84. The monoisotopic (exact) mass is 474 g/mol. The van der Waals surface area contributed by atoms with E-state index in [1.807, 2.05) is 36.5 Å². The minimum Gasteiger partial charge on any atom is -0.496 e. The second-order valence-corrected chi connectivity index (χ2v) is 10.4. The quantitative estimate of drug-likeness (QED) is 0.370. The molecule has 0 radical (unpaired) electrons. The molecule has 0 unspecified atom stereocenters. The van der Waals surface area contributed by atoms with E-state index in [9.17, 15) is 4.79 Å². The lowest BCUT2D eigenvalue weighted by Gasteiger charge is -2.14. The van der Waals surface area contributed by atoms with Crippen LogP contribution in [0.5, 0.6) is 5.75 Å². The van der Waals surface area contributed by atoms with Crippen molar-refractivity contribution in [2.45, 2.75) is 65.2 Å². The third-order valence-corrected chi connectivity index (χ3v) is 7.67. The van der Waals surface area contributed by atoms with Crippen molar-refractivity contribution in [2.24, 2.45) is 4.99 Å². The maximum atomic E-state index is 13.5. The Balaban J connectivity index is 1.74. The molecule has 1 N–H and O–H groups in total. The molecule has 0 aliphatic heterocycles. The Morgan fingerprint density at radius 3 is 2.53 bits per heavy atom. The minimum atomic E-state index is -0.0641. The van der Waals surface area contributed by atoms with Gasteiger partial charge in [-0.25, -0.2) is 4.99 Å². The minimum absolute atomic E-state index is 0.0641. The van der Waals surface area contributed by atoms with Crippen LogP contribution in [0.2, 0.25) is 0 Å². The molecule has 3 aromatic rings. The number of rotatable bonds is 6. The van der Waals surface area contributed by atoms with Crippen molar-refractivity contribution in [3.63, 3.8) is 0 Å². The van der Waals surface area contributed by atoms with E-state index in [-0.39, 0.29) is 5.91 Å². The van der Waals surface area contributed by atoms with Gasteiger partial charge in [0, 0.05) is 16.8 Å². The van der Waals surface area contributed by atoms with Crippen LogP contribution in [0.3, 0.4) is 0 Å². The molecule has 4 rings (SSSR count). The summed E-state index contributed by atoms with van der Waals surface area (Å²) in [6.45, 7) is 6.41. The number of ether oxygens (including phenoxy) is 1. The van der Waals surface area contributed by atoms with Crippen molar-refractivity contribution in [1.29, 1.82) is 0 Å². The predicted molar refractivity (Wildman–Crippen MR) is 144 cm³/mol. The smallest absolute Gasteiger partial charge is 0.259 e. The number of aliphatic imine (C=N–C) groups is 1. The lowest BCUT2D eigenvalue weighted by atomic mass is 9.96. The van der Waals surface area contributed by atoms with Crippen LogP contribution in [0.25, 0.3) is 0 Å². The number of carbonyl (C=O) groups excluding carboxylic acids is 1. The molecule has 178 valence electrons. The van der Waals surface area contributed by atoms with Gasteiger partial charge in [-0.1, -0.05) is 44.9 Å². The van der Waals surface area contributed by atoms with Crippen LogP contribution in [-0.4, -0.2) is 19.2 Å². The molecule has 1 heterocycles. The lowest BCUT2D eigenvalue weighted by molar-refractivity contribution is 0.102. The Labute approximate surface area is 207 Å². The van der Waals surface area contributed by atoms with Crippen LogP contribution in [0.15, 0.2) is 47.5 Å². The summed E-state index contributed by atoms with van der Waals surface area (Å²) in [5, 5.41) is 3.90. The highest BCUT2D eigenvalue weighted by atomic mass is 32.1. The van der Waals surface area contributed by atoms with Gasteiger partial charge in [0.15, 0.2) is 0 Å². The molecule has 5 heteroatoms. The number of fused-ring (bicyclic) bond motifs is 1. The van der Waals surface area contributed by atoms with E-state index >= 15 is 0 Å². The lowest BCUT2D eigenvalue weighted by Crippen LogP contribution is -2.14. The fourth-order valence-corrected chi connectivity index (χ4v) is 5.79. The maximum absolute atomic E-state index is 13.5. The number of anilines is 1. The summed E-state index contributed by atoms with van der Waals surface area (Å²) in [7, 11) is 1.72. The summed E-state index contributed by atoms with van der Waals surface area (Å²) < 4.78 is 5.60. The van der Waals surface area contributed by atoms with Crippen LogP contribution in [0.1, 0.15) is 82.9 Å². The first-order chi connectivity index (χ1) is 16.5. The van der Waals surface area contributed by atoms with Crippen molar-refractivity contribution < 1.29 is 9.53 Å². The van der Waals surface area contributed by atoms with E-state index < -0.39 is 0 Å². The molecule has 0 atom stereocenters. The molecule has 1 aliphatic rings. The molecular formula is C29H34N2O2S. The average Bonchev–Trinajstić information content (AvgIpc) is 3.14. The topological polar surface area (TPSA) is 50.7 Å². The SMILES string of the molecule is COc1cc(C)c(C=Nc2sc3c(c2C(=O)Nc2ccccc2)CCCCCC3)cc1C(C)C. The number of nitrogens with one attached hydrogen (secondary N) is 1. The van der Waals surface area contributed by atoms with Crippen molar-refractivity contribution in [3.05, 3.63) is 75.2 Å². The van der Waals surface area contributed by atoms with Gasteiger partial charge in [-0.3, -0.25) is 4.79 Å². The Hall–Kier alpha value is -2.92. The molecule has 34 heavy (non-hydrogen) atoms. The molecule has 0 saturated carbocycles. The van der Waals surface area contributed by atoms with Crippen LogP contribution in [0.4, 0.5) is 10.7 Å². The number of nitrogens with zero attached hydrogens (tertiary/aromatic N) is 1. The number of hydrogen-bond donors (Lipinski definition) is 1. The number of aryl methyl sites for hydroxylation is 2. The average molecular weight is 475 g/mol. The number of hydrogen-bond acceptors (Lipinski definition) is 4. The Bertz CT molecular complexity index is 1180. The first-order valence-electron chi connectivity index (χ1n) is 12.2. The van der Waals surface area contributed by atoms with Gasteiger partial charge in [0.1, 0.15) is 10.8 Å². The van der Waals surface area contributed by atoms with Crippen molar-refractivity contribution in [1.82, 2.24) is 0 Å². The summed E-state index contributed by atoms with van der Waals surface area (Å²) in [5.74, 6) is 1.19. The molecule has 4 nitrogen and oxygen atoms in total. The van der Waals surface area contributed by atoms with Crippen LogP contribution in [-0.2, 0) is 12.8 Å². The number of carbonyl (C=O) groups is 1. The zero-order valence-electron chi connectivity index (χ0n) is 20.6. The van der Waals surface area contributed by atoms with Gasteiger partial charge in [0.2, 0.25) is 0 Å². The van der Waals surface area contributed by atoms with Crippen molar-refractivity contribution >= 4 is 34.1 Å². The largest absolute Gasteiger partial charge is 0.496 e. The first kappa shape index (κ1) is 24.2. The standard InChI is InChI=1S/C29H34N2O2S/c1-19(2)24-17-21(20(3)16-25(24)33-4)18-30-29-27(28(32)31-22-12-8-7-9-13-22)23-14-10-5-6-11-15-26(23)34-29/h7-9,12-13,16-19H,5-6,10-11,14-15H2,1-4H3,(H,31,32). The highest BCUT2D eigenvalue weighted by Crippen LogP contribution is 2.39. The molecule has 0 spiro atoms. The van der Waals surface area contributed by atoms with Crippen molar-refractivity contribution in [3.8, 4) is 5.75 Å². The third-order valence-electron chi connectivity index (χ3n) is 6.47. The normalized spacial score (nSPS) is 14.0. The number of para-hydroxylation sites is 1. The first-order valence-corrected chi connectivity index (χ1v) is 13.0.